The van der Waals surface area contributed by atoms with Gasteiger partial charge in [-0.25, -0.2) is 4.39 Å². The van der Waals surface area contributed by atoms with Gasteiger partial charge in [-0.05, 0) is 19.1 Å². The predicted molar refractivity (Wildman–Crippen MR) is 54.8 cm³/mol. The zero-order chi connectivity index (χ0) is 11.3. The highest BCUT2D eigenvalue weighted by Gasteiger charge is 2.13. The van der Waals surface area contributed by atoms with Crippen molar-refractivity contribution in [2.45, 2.75) is 6.92 Å². The molecule has 0 unspecified atom stereocenters. The van der Waals surface area contributed by atoms with E-state index in [1.165, 1.54) is 26.2 Å². The van der Waals surface area contributed by atoms with Crippen LogP contribution in [0.15, 0.2) is 34.6 Å². The van der Waals surface area contributed by atoms with E-state index in [9.17, 15) is 4.39 Å². The molecular formula is C10H11FN2O2. The van der Waals surface area contributed by atoms with Crippen molar-refractivity contribution >= 4 is 11.4 Å². The number of nitrogens with zero attached hydrogens (tertiary/aromatic N) is 2. The molecule has 0 heterocycles. The molecule has 1 N–H and O–H groups in total. The first kappa shape index (κ1) is 11.2. The lowest BCUT2D eigenvalue weighted by Gasteiger charge is -2.04. The van der Waals surface area contributed by atoms with Gasteiger partial charge in [-0.1, -0.05) is 22.4 Å². The molecule has 0 saturated heterocycles. The molecule has 15 heavy (non-hydrogen) atoms. The summed E-state index contributed by atoms with van der Waals surface area (Å²) in [5, 5.41) is 15.2. The van der Waals surface area contributed by atoms with E-state index in [2.05, 4.69) is 15.1 Å². The fourth-order valence-corrected chi connectivity index (χ4v) is 1.10. The van der Waals surface area contributed by atoms with Crippen LogP contribution < -0.4 is 0 Å². The Kier molecular flexibility index (Phi) is 3.79. The van der Waals surface area contributed by atoms with Gasteiger partial charge in [-0.3, -0.25) is 0 Å². The summed E-state index contributed by atoms with van der Waals surface area (Å²) in [6, 6.07) is 6.05. The monoisotopic (exact) mass is 210 g/mol. The molecule has 5 heteroatoms. The lowest BCUT2D eigenvalue weighted by atomic mass is 10.1. The van der Waals surface area contributed by atoms with E-state index in [0.29, 0.717) is 0 Å². The SMILES string of the molecule is CO/N=C(/C(C)=N/O)c1ccccc1F. The van der Waals surface area contributed by atoms with Gasteiger partial charge in [0, 0.05) is 5.56 Å². The first-order chi connectivity index (χ1) is 7.20. The Labute approximate surface area is 86.7 Å². The van der Waals surface area contributed by atoms with Gasteiger partial charge >= 0.3 is 0 Å². The molecule has 0 aliphatic heterocycles. The lowest BCUT2D eigenvalue weighted by molar-refractivity contribution is 0.214. The van der Waals surface area contributed by atoms with Crippen LogP contribution in [0.2, 0.25) is 0 Å². The standard InChI is InChI=1S/C10H11FN2O2/c1-7(12-14)10(13-15-2)8-5-3-4-6-9(8)11/h3-6,14H,1-2H3/b12-7+,13-10-. The number of halogens is 1. The molecule has 0 radical (unpaired) electrons. The normalized spacial score (nSPS) is 12.7. The fraction of sp³-hybridized carbons (Fsp3) is 0.200. The van der Waals surface area contributed by atoms with Crippen molar-refractivity contribution in [1.82, 2.24) is 0 Å². The van der Waals surface area contributed by atoms with E-state index >= 15 is 0 Å². The molecule has 80 valence electrons. The van der Waals surface area contributed by atoms with E-state index in [1.807, 2.05) is 0 Å². The van der Waals surface area contributed by atoms with Crippen molar-refractivity contribution in [2.75, 3.05) is 7.11 Å². The molecule has 1 rings (SSSR count). The van der Waals surface area contributed by atoms with E-state index in [1.54, 1.807) is 12.1 Å². The Morgan fingerprint density at radius 1 is 1.40 bits per heavy atom. The van der Waals surface area contributed by atoms with E-state index in [-0.39, 0.29) is 17.0 Å². The molecule has 0 saturated carbocycles. The van der Waals surface area contributed by atoms with Gasteiger partial charge in [-0.2, -0.15) is 0 Å². The molecule has 1 aromatic carbocycles. The summed E-state index contributed by atoms with van der Waals surface area (Å²) >= 11 is 0. The fourth-order valence-electron chi connectivity index (χ4n) is 1.10. The Hall–Kier alpha value is -1.91. The zero-order valence-corrected chi connectivity index (χ0v) is 8.44. The van der Waals surface area contributed by atoms with Crippen LogP contribution >= 0.6 is 0 Å². The summed E-state index contributed by atoms with van der Waals surface area (Å²) in [6.45, 7) is 1.50. The van der Waals surface area contributed by atoms with Gasteiger partial charge < -0.3 is 10.0 Å². The second kappa shape index (κ2) is 5.09. The van der Waals surface area contributed by atoms with Gasteiger partial charge in [0.2, 0.25) is 0 Å². The van der Waals surface area contributed by atoms with Crippen LogP contribution in [0, 0.1) is 5.82 Å². The number of rotatable bonds is 3. The highest BCUT2D eigenvalue weighted by molar-refractivity contribution is 6.47. The molecular weight excluding hydrogens is 199 g/mol. The lowest BCUT2D eigenvalue weighted by Crippen LogP contribution is -2.14. The Morgan fingerprint density at radius 2 is 2.07 bits per heavy atom. The first-order valence-corrected chi connectivity index (χ1v) is 4.25. The molecule has 0 spiro atoms. The molecule has 0 aliphatic rings. The minimum Gasteiger partial charge on any atom is -0.411 e. The Balaban J connectivity index is 3.23. The highest BCUT2D eigenvalue weighted by Crippen LogP contribution is 2.09. The van der Waals surface area contributed by atoms with Crippen molar-refractivity contribution in [3.63, 3.8) is 0 Å². The smallest absolute Gasteiger partial charge is 0.137 e. The zero-order valence-electron chi connectivity index (χ0n) is 8.44. The van der Waals surface area contributed by atoms with Crippen LogP contribution in [0.4, 0.5) is 4.39 Å². The topological polar surface area (TPSA) is 54.2 Å². The van der Waals surface area contributed by atoms with E-state index in [4.69, 9.17) is 5.21 Å². The average molecular weight is 210 g/mol. The Bertz CT molecular complexity index is 402. The van der Waals surface area contributed by atoms with Gasteiger partial charge in [0.1, 0.15) is 24.4 Å². The quantitative estimate of drug-likeness (QED) is 0.471. The van der Waals surface area contributed by atoms with Crippen LogP contribution in [0.5, 0.6) is 0 Å². The molecule has 0 aliphatic carbocycles. The second-order valence-corrected chi connectivity index (χ2v) is 2.79. The van der Waals surface area contributed by atoms with Crippen LogP contribution in [-0.4, -0.2) is 23.7 Å². The summed E-state index contributed by atoms with van der Waals surface area (Å²) in [5.41, 5.74) is 0.578. The summed E-state index contributed by atoms with van der Waals surface area (Å²) < 4.78 is 13.4. The van der Waals surface area contributed by atoms with Crippen molar-refractivity contribution in [3.05, 3.63) is 35.6 Å². The molecule has 0 amide bonds. The number of benzene rings is 1. The third-order valence-corrected chi connectivity index (χ3v) is 1.80. The molecule has 0 atom stereocenters. The van der Waals surface area contributed by atoms with Gasteiger partial charge in [0.25, 0.3) is 0 Å². The first-order valence-electron chi connectivity index (χ1n) is 4.25. The molecule has 0 fully saturated rings. The third kappa shape index (κ3) is 2.52. The number of oxime groups is 2. The number of hydrogen-bond acceptors (Lipinski definition) is 4. The van der Waals surface area contributed by atoms with Gasteiger partial charge in [-0.15, -0.1) is 0 Å². The van der Waals surface area contributed by atoms with E-state index < -0.39 is 5.82 Å². The second-order valence-electron chi connectivity index (χ2n) is 2.79. The molecule has 0 bridgehead atoms. The molecule has 4 nitrogen and oxygen atoms in total. The van der Waals surface area contributed by atoms with Gasteiger partial charge in [0.15, 0.2) is 0 Å². The van der Waals surface area contributed by atoms with Crippen molar-refractivity contribution in [3.8, 4) is 0 Å². The predicted octanol–water partition coefficient (Wildman–Crippen LogP) is 2.03. The van der Waals surface area contributed by atoms with E-state index in [0.717, 1.165) is 0 Å². The minimum absolute atomic E-state index is 0.165. The van der Waals surface area contributed by atoms with Crippen molar-refractivity contribution in [2.24, 2.45) is 10.3 Å². The van der Waals surface area contributed by atoms with Crippen LogP contribution in [-0.2, 0) is 4.84 Å². The maximum atomic E-state index is 13.4. The van der Waals surface area contributed by atoms with Gasteiger partial charge in [0.05, 0.1) is 0 Å². The summed E-state index contributed by atoms with van der Waals surface area (Å²) in [4.78, 5) is 4.57. The van der Waals surface area contributed by atoms with Crippen LogP contribution in [0.25, 0.3) is 0 Å². The maximum absolute atomic E-state index is 13.4. The summed E-state index contributed by atoms with van der Waals surface area (Å²) in [5.74, 6) is -0.448. The minimum atomic E-state index is -0.448. The number of hydrogen-bond donors (Lipinski definition) is 1. The van der Waals surface area contributed by atoms with Crippen LogP contribution in [0.1, 0.15) is 12.5 Å². The molecule has 0 aromatic heterocycles. The van der Waals surface area contributed by atoms with Crippen LogP contribution in [0.3, 0.4) is 0 Å². The highest BCUT2D eigenvalue weighted by atomic mass is 19.1. The Morgan fingerprint density at radius 3 is 2.60 bits per heavy atom. The average Bonchev–Trinajstić information content (AvgIpc) is 2.26. The van der Waals surface area contributed by atoms with Crippen molar-refractivity contribution < 1.29 is 14.4 Å². The maximum Gasteiger partial charge on any atom is 0.137 e. The largest absolute Gasteiger partial charge is 0.411 e. The third-order valence-electron chi connectivity index (χ3n) is 1.80. The summed E-state index contributed by atoms with van der Waals surface area (Å²) in [6.07, 6.45) is 0. The van der Waals surface area contributed by atoms with Crippen molar-refractivity contribution in [1.29, 1.82) is 0 Å². The summed E-state index contributed by atoms with van der Waals surface area (Å²) in [7, 11) is 1.34. The molecule has 1 aromatic rings.